The van der Waals surface area contributed by atoms with Crippen LogP contribution >= 0.6 is 0 Å². The molecule has 0 aliphatic rings. The molecule has 0 spiro atoms. The fourth-order valence-electron chi connectivity index (χ4n) is 1.71. The zero-order chi connectivity index (χ0) is 11.7. The molecule has 0 atom stereocenters. The van der Waals surface area contributed by atoms with Crippen molar-refractivity contribution in [1.82, 2.24) is 14.5 Å². The molecule has 0 amide bonds. The fourth-order valence-corrected chi connectivity index (χ4v) is 1.71. The van der Waals surface area contributed by atoms with Crippen LogP contribution in [-0.2, 0) is 0 Å². The normalized spacial score (nSPS) is 10.6. The summed E-state index contributed by atoms with van der Waals surface area (Å²) in [6.45, 7) is 0. The Bertz CT molecular complexity index is 730. The Morgan fingerprint density at radius 1 is 0.941 bits per heavy atom. The molecule has 4 nitrogen and oxygen atoms in total. The molecule has 4 heteroatoms. The van der Waals surface area contributed by atoms with E-state index >= 15 is 0 Å². The molecule has 0 saturated heterocycles. The maximum absolute atomic E-state index is 7.81. The molecular weight excluding hydrogens is 212 g/mol. The molecule has 0 bridgehead atoms. The highest BCUT2D eigenvalue weighted by molar-refractivity contribution is 5.74. The van der Waals surface area contributed by atoms with Gasteiger partial charge in [0, 0.05) is 6.20 Å². The molecule has 17 heavy (non-hydrogen) atoms. The van der Waals surface area contributed by atoms with Gasteiger partial charge in [0.1, 0.15) is 5.49 Å². The third kappa shape index (κ3) is 1.69. The van der Waals surface area contributed by atoms with E-state index in [0.29, 0.717) is 11.3 Å². The molecule has 0 radical (unpaired) electrons. The predicted octanol–water partition coefficient (Wildman–Crippen LogP) is 1.90. The maximum atomic E-state index is 7.81. The minimum Gasteiger partial charge on any atom is -0.285 e. The lowest BCUT2D eigenvalue weighted by Crippen LogP contribution is -2.17. The maximum Gasteiger partial charge on any atom is 0.157 e. The fraction of sp³-hybridized carbons (Fsp3) is 0. The van der Waals surface area contributed by atoms with Gasteiger partial charge in [0.15, 0.2) is 5.82 Å². The van der Waals surface area contributed by atoms with Gasteiger partial charge in [-0.25, -0.2) is 4.98 Å². The molecule has 3 aromatic rings. The first-order valence-corrected chi connectivity index (χ1v) is 5.29. The quantitative estimate of drug-likeness (QED) is 0.683. The van der Waals surface area contributed by atoms with E-state index in [4.69, 9.17) is 5.41 Å². The van der Waals surface area contributed by atoms with E-state index in [-0.39, 0.29) is 0 Å². The average Bonchev–Trinajstić information content (AvgIpc) is 2.39. The number of aromatic nitrogens is 3. The van der Waals surface area contributed by atoms with E-state index in [0.717, 1.165) is 11.0 Å². The summed E-state index contributed by atoms with van der Waals surface area (Å²) < 4.78 is 1.69. The molecule has 0 aliphatic heterocycles. The van der Waals surface area contributed by atoms with Gasteiger partial charge in [-0.15, -0.1) is 0 Å². The highest BCUT2D eigenvalue weighted by Gasteiger charge is 2.00. The minimum absolute atomic E-state index is 0.386. The van der Waals surface area contributed by atoms with Crippen molar-refractivity contribution >= 4 is 11.0 Å². The minimum atomic E-state index is 0.386. The standard InChI is InChI=1S/C13H10N4/c14-12-7-3-4-8-17(12)13-9-15-10-5-1-2-6-11(10)16-13/h1-9,14H. The van der Waals surface area contributed by atoms with Gasteiger partial charge in [0.2, 0.25) is 0 Å². The van der Waals surface area contributed by atoms with Crippen molar-refractivity contribution in [2.75, 3.05) is 0 Å². The van der Waals surface area contributed by atoms with E-state index < -0.39 is 0 Å². The van der Waals surface area contributed by atoms with Gasteiger partial charge in [-0.3, -0.25) is 15.0 Å². The Kier molecular flexibility index (Phi) is 2.19. The average molecular weight is 222 g/mol. The molecule has 3 rings (SSSR count). The number of hydrogen-bond donors (Lipinski definition) is 1. The first-order chi connectivity index (χ1) is 8.34. The summed E-state index contributed by atoms with van der Waals surface area (Å²) in [6, 6.07) is 13.1. The van der Waals surface area contributed by atoms with Crippen LogP contribution in [0.15, 0.2) is 54.9 Å². The van der Waals surface area contributed by atoms with Crippen molar-refractivity contribution in [3.8, 4) is 5.82 Å². The summed E-state index contributed by atoms with van der Waals surface area (Å²) in [4.78, 5) is 8.82. The number of rotatable bonds is 1. The van der Waals surface area contributed by atoms with Crippen molar-refractivity contribution < 1.29 is 0 Å². The van der Waals surface area contributed by atoms with E-state index in [1.54, 1.807) is 23.0 Å². The van der Waals surface area contributed by atoms with Crippen molar-refractivity contribution in [3.63, 3.8) is 0 Å². The van der Waals surface area contributed by atoms with Gasteiger partial charge in [-0.2, -0.15) is 0 Å². The Morgan fingerprint density at radius 2 is 1.71 bits per heavy atom. The number of hydrogen-bond acceptors (Lipinski definition) is 3. The highest BCUT2D eigenvalue weighted by atomic mass is 15.1. The number of nitrogens with zero attached hydrogens (tertiary/aromatic N) is 3. The van der Waals surface area contributed by atoms with Gasteiger partial charge in [-0.1, -0.05) is 18.2 Å². The Labute approximate surface area is 97.7 Å². The van der Waals surface area contributed by atoms with Crippen molar-refractivity contribution in [3.05, 3.63) is 60.3 Å². The Morgan fingerprint density at radius 3 is 2.53 bits per heavy atom. The molecule has 0 fully saturated rings. The van der Waals surface area contributed by atoms with Crippen molar-refractivity contribution in [2.45, 2.75) is 0 Å². The Hall–Kier alpha value is -2.49. The summed E-state index contributed by atoms with van der Waals surface area (Å²) >= 11 is 0. The zero-order valence-electron chi connectivity index (χ0n) is 9.04. The second-order valence-corrected chi connectivity index (χ2v) is 3.67. The summed E-state index contributed by atoms with van der Waals surface area (Å²) in [7, 11) is 0. The second kappa shape index (κ2) is 3.83. The summed E-state index contributed by atoms with van der Waals surface area (Å²) in [5.41, 5.74) is 2.08. The van der Waals surface area contributed by atoms with Crippen LogP contribution in [0.4, 0.5) is 0 Å². The van der Waals surface area contributed by atoms with Gasteiger partial charge in [0.25, 0.3) is 0 Å². The number of nitrogens with one attached hydrogen (secondary N) is 1. The topological polar surface area (TPSA) is 54.6 Å². The van der Waals surface area contributed by atoms with Gasteiger partial charge < -0.3 is 0 Å². The van der Waals surface area contributed by atoms with Crippen molar-refractivity contribution in [2.24, 2.45) is 0 Å². The van der Waals surface area contributed by atoms with E-state index in [2.05, 4.69) is 9.97 Å². The lowest BCUT2D eigenvalue weighted by molar-refractivity contribution is 0.889. The number of fused-ring (bicyclic) bond motifs is 1. The smallest absolute Gasteiger partial charge is 0.157 e. The third-order valence-corrected chi connectivity index (χ3v) is 2.54. The lowest BCUT2D eigenvalue weighted by atomic mass is 10.3. The van der Waals surface area contributed by atoms with Gasteiger partial charge >= 0.3 is 0 Å². The van der Waals surface area contributed by atoms with Crippen LogP contribution in [0.3, 0.4) is 0 Å². The SMILES string of the molecule is N=c1ccccn1-c1cnc2ccccc2n1. The molecular formula is C13H10N4. The lowest BCUT2D eigenvalue weighted by Gasteiger charge is -2.05. The zero-order valence-corrected chi connectivity index (χ0v) is 9.04. The van der Waals surface area contributed by atoms with Crippen LogP contribution in [0.5, 0.6) is 0 Å². The summed E-state index contributed by atoms with van der Waals surface area (Å²) in [5.74, 6) is 0.661. The third-order valence-electron chi connectivity index (χ3n) is 2.54. The van der Waals surface area contributed by atoms with E-state index in [1.807, 2.05) is 36.4 Å². The largest absolute Gasteiger partial charge is 0.285 e. The summed E-state index contributed by atoms with van der Waals surface area (Å²) in [6.07, 6.45) is 3.49. The van der Waals surface area contributed by atoms with Crippen LogP contribution in [0.2, 0.25) is 0 Å². The Balaban J connectivity index is 2.25. The number of benzene rings is 1. The van der Waals surface area contributed by atoms with Gasteiger partial charge in [-0.05, 0) is 24.3 Å². The predicted molar refractivity (Wildman–Crippen MR) is 64.7 cm³/mol. The molecule has 1 N–H and O–H groups in total. The molecule has 0 aliphatic carbocycles. The van der Waals surface area contributed by atoms with Crippen LogP contribution in [-0.4, -0.2) is 14.5 Å². The number of pyridine rings is 1. The highest BCUT2D eigenvalue weighted by Crippen LogP contribution is 2.09. The van der Waals surface area contributed by atoms with Crippen LogP contribution in [0.1, 0.15) is 0 Å². The molecule has 82 valence electrons. The molecule has 2 aromatic heterocycles. The van der Waals surface area contributed by atoms with Gasteiger partial charge in [0.05, 0.1) is 17.2 Å². The van der Waals surface area contributed by atoms with Crippen molar-refractivity contribution in [1.29, 1.82) is 5.41 Å². The first-order valence-electron chi connectivity index (χ1n) is 5.29. The van der Waals surface area contributed by atoms with E-state index in [1.165, 1.54) is 0 Å². The van der Waals surface area contributed by atoms with Crippen LogP contribution < -0.4 is 5.49 Å². The monoisotopic (exact) mass is 222 g/mol. The molecule has 2 heterocycles. The molecule has 0 unspecified atom stereocenters. The van der Waals surface area contributed by atoms with E-state index in [9.17, 15) is 0 Å². The van der Waals surface area contributed by atoms with Crippen LogP contribution in [0.25, 0.3) is 16.9 Å². The number of para-hydroxylation sites is 2. The molecule has 1 aromatic carbocycles. The first kappa shape index (κ1) is 9.72. The van der Waals surface area contributed by atoms with Crippen LogP contribution in [0, 0.1) is 5.41 Å². The summed E-state index contributed by atoms with van der Waals surface area (Å²) in [5, 5.41) is 7.81. The second-order valence-electron chi connectivity index (χ2n) is 3.67. The molecule has 0 saturated carbocycles.